The average molecular weight is 588 g/mol. The minimum absolute atomic E-state index is 0.200. The molecule has 0 atom stereocenters. The first kappa shape index (κ1) is 27.8. The summed E-state index contributed by atoms with van der Waals surface area (Å²) in [6.07, 6.45) is 6.02. The summed E-state index contributed by atoms with van der Waals surface area (Å²) in [6.45, 7) is 3.60. The molecular formula is C28H35F2N7O3S. The van der Waals surface area contributed by atoms with E-state index in [1.165, 1.54) is 17.6 Å². The van der Waals surface area contributed by atoms with Crippen LogP contribution in [0.15, 0.2) is 36.5 Å². The summed E-state index contributed by atoms with van der Waals surface area (Å²) < 4.78 is 54.7. The second-order valence-electron chi connectivity index (χ2n) is 11.6. The number of pyridine rings is 1. The second-order valence-corrected chi connectivity index (χ2v) is 13.4. The number of aliphatic hydroxyl groups is 1. The molecule has 6 rings (SSSR count). The molecule has 1 saturated carbocycles. The molecule has 13 heteroatoms. The molecule has 2 N–H and O–H groups in total. The van der Waals surface area contributed by atoms with Gasteiger partial charge in [0.15, 0.2) is 0 Å². The number of hydrogen-bond donors (Lipinski definition) is 2. The van der Waals surface area contributed by atoms with Crippen LogP contribution >= 0.6 is 0 Å². The molecule has 0 amide bonds. The molecule has 2 aliphatic heterocycles. The van der Waals surface area contributed by atoms with Crippen molar-refractivity contribution in [2.75, 3.05) is 53.1 Å². The van der Waals surface area contributed by atoms with Gasteiger partial charge in [-0.2, -0.15) is 9.90 Å². The SMILES string of the molecule is Cc1cc(-n2ncc(-c3ccc(NS(=O)(=O)CCO)cc3N3CCC4(CC3)CC4)n2)cc(N2CCC(F)(F)CC2)n1. The smallest absolute Gasteiger partial charge is 0.251 e. The number of alkyl halides is 2. The second kappa shape index (κ2) is 10.5. The van der Waals surface area contributed by atoms with Crippen molar-refractivity contribution < 1.29 is 22.3 Å². The number of sulfonamides is 1. The van der Waals surface area contributed by atoms with Crippen LogP contribution in [0.2, 0.25) is 0 Å². The molecule has 1 spiro atoms. The summed E-state index contributed by atoms with van der Waals surface area (Å²) in [6, 6.07) is 9.04. The van der Waals surface area contributed by atoms with E-state index in [1.807, 2.05) is 36.1 Å². The van der Waals surface area contributed by atoms with E-state index in [0.29, 0.717) is 28.3 Å². The van der Waals surface area contributed by atoms with E-state index in [1.54, 1.807) is 12.3 Å². The van der Waals surface area contributed by atoms with Crippen LogP contribution in [0.5, 0.6) is 0 Å². The highest BCUT2D eigenvalue weighted by molar-refractivity contribution is 7.92. The monoisotopic (exact) mass is 587 g/mol. The third-order valence-corrected chi connectivity index (χ3v) is 9.76. The highest BCUT2D eigenvalue weighted by Crippen LogP contribution is 2.54. The fourth-order valence-electron chi connectivity index (χ4n) is 5.81. The van der Waals surface area contributed by atoms with Crippen molar-refractivity contribution in [2.45, 2.75) is 51.4 Å². The number of piperidine rings is 2. The lowest BCUT2D eigenvalue weighted by Gasteiger charge is -2.35. The number of nitrogens with one attached hydrogen (secondary N) is 1. The zero-order chi connectivity index (χ0) is 28.8. The molecule has 2 aromatic heterocycles. The predicted molar refractivity (Wildman–Crippen MR) is 153 cm³/mol. The van der Waals surface area contributed by atoms with Crippen LogP contribution in [0, 0.1) is 12.3 Å². The van der Waals surface area contributed by atoms with E-state index < -0.39 is 22.6 Å². The quantitative estimate of drug-likeness (QED) is 0.407. The third-order valence-electron chi connectivity index (χ3n) is 8.50. The Hall–Kier alpha value is -3.32. The standard InChI is InChI=1S/C28H35F2N7O3S/c1-20-16-22(18-26(32-20)36-12-8-28(29,30)9-13-36)37-31-19-24(33-37)23-3-2-21(34-41(39,40)15-14-38)17-25(23)35-10-6-27(4-5-27)7-11-35/h2-3,16-19,34,38H,4-15H2,1H3. The van der Waals surface area contributed by atoms with Crippen LogP contribution < -0.4 is 14.5 Å². The van der Waals surface area contributed by atoms with Gasteiger partial charge < -0.3 is 14.9 Å². The zero-order valence-electron chi connectivity index (χ0n) is 23.1. The lowest BCUT2D eigenvalue weighted by atomic mass is 9.93. The maximum atomic E-state index is 13.7. The van der Waals surface area contributed by atoms with Crippen LogP contribution in [-0.2, 0) is 10.0 Å². The van der Waals surface area contributed by atoms with Crippen molar-refractivity contribution in [3.05, 3.63) is 42.2 Å². The van der Waals surface area contributed by atoms with Gasteiger partial charge in [0.2, 0.25) is 10.0 Å². The van der Waals surface area contributed by atoms with Gasteiger partial charge in [-0.1, -0.05) is 0 Å². The maximum Gasteiger partial charge on any atom is 0.251 e. The molecule has 0 bridgehead atoms. The molecule has 220 valence electrons. The van der Waals surface area contributed by atoms with Gasteiger partial charge in [-0.05, 0) is 62.3 Å². The largest absolute Gasteiger partial charge is 0.395 e. The van der Waals surface area contributed by atoms with Crippen molar-refractivity contribution in [3.8, 4) is 16.9 Å². The summed E-state index contributed by atoms with van der Waals surface area (Å²) in [5, 5.41) is 18.4. The Bertz CT molecular complexity index is 1520. The first-order valence-corrected chi connectivity index (χ1v) is 15.7. The van der Waals surface area contributed by atoms with Crippen LogP contribution in [0.3, 0.4) is 0 Å². The van der Waals surface area contributed by atoms with Crippen LogP contribution in [0.25, 0.3) is 16.9 Å². The minimum atomic E-state index is -3.68. The van der Waals surface area contributed by atoms with Crippen molar-refractivity contribution >= 4 is 27.2 Å². The van der Waals surface area contributed by atoms with Gasteiger partial charge in [0.05, 0.1) is 29.9 Å². The Morgan fingerprint density at radius 3 is 2.37 bits per heavy atom. The van der Waals surface area contributed by atoms with E-state index in [0.717, 1.165) is 42.9 Å². The number of nitrogens with zero attached hydrogens (tertiary/aromatic N) is 6. The molecule has 3 fully saturated rings. The maximum absolute atomic E-state index is 13.7. The predicted octanol–water partition coefficient (Wildman–Crippen LogP) is 3.99. The first-order chi connectivity index (χ1) is 19.5. The summed E-state index contributed by atoms with van der Waals surface area (Å²) >= 11 is 0. The van der Waals surface area contributed by atoms with E-state index in [-0.39, 0.29) is 31.7 Å². The Labute approximate surface area is 238 Å². The Kier molecular flexibility index (Phi) is 7.13. The molecule has 2 saturated heterocycles. The Morgan fingerprint density at radius 1 is 0.976 bits per heavy atom. The van der Waals surface area contributed by atoms with E-state index in [9.17, 15) is 17.2 Å². The van der Waals surface area contributed by atoms with Crippen molar-refractivity contribution in [1.29, 1.82) is 0 Å². The number of aryl methyl sites for hydroxylation is 1. The van der Waals surface area contributed by atoms with Crippen LogP contribution in [0.1, 0.15) is 44.2 Å². The summed E-state index contributed by atoms with van der Waals surface area (Å²) in [5.41, 5.74) is 4.65. The number of aliphatic hydroxyl groups excluding tert-OH is 1. The Morgan fingerprint density at radius 2 is 1.68 bits per heavy atom. The van der Waals surface area contributed by atoms with Crippen molar-refractivity contribution in [1.82, 2.24) is 20.0 Å². The van der Waals surface area contributed by atoms with Crippen molar-refractivity contribution in [3.63, 3.8) is 0 Å². The molecule has 1 aromatic carbocycles. The van der Waals surface area contributed by atoms with E-state index >= 15 is 0 Å². The lowest BCUT2D eigenvalue weighted by molar-refractivity contribution is -0.0221. The molecule has 4 heterocycles. The minimum Gasteiger partial charge on any atom is -0.395 e. The topological polar surface area (TPSA) is 116 Å². The first-order valence-electron chi connectivity index (χ1n) is 14.1. The average Bonchev–Trinajstić information content (AvgIpc) is 3.48. The van der Waals surface area contributed by atoms with Gasteiger partial charge in [-0.15, -0.1) is 5.10 Å². The zero-order valence-corrected chi connectivity index (χ0v) is 23.9. The molecule has 0 radical (unpaired) electrons. The summed E-state index contributed by atoms with van der Waals surface area (Å²) in [5.74, 6) is -2.39. The number of benzene rings is 1. The third kappa shape index (κ3) is 6.15. The summed E-state index contributed by atoms with van der Waals surface area (Å²) in [4.78, 5) is 10.2. The molecular weight excluding hydrogens is 552 g/mol. The van der Waals surface area contributed by atoms with Gasteiger partial charge >= 0.3 is 0 Å². The highest BCUT2D eigenvalue weighted by Gasteiger charge is 2.44. The molecule has 41 heavy (non-hydrogen) atoms. The summed E-state index contributed by atoms with van der Waals surface area (Å²) in [7, 11) is -3.68. The van der Waals surface area contributed by atoms with E-state index in [2.05, 4.69) is 19.7 Å². The van der Waals surface area contributed by atoms with Gasteiger partial charge in [0, 0.05) is 62.0 Å². The normalized spacial score (nSPS) is 19.9. The van der Waals surface area contributed by atoms with Gasteiger partial charge in [0.25, 0.3) is 5.92 Å². The Balaban J connectivity index is 1.30. The van der Waals surface area contributed by atoms with Gasteiger partial charge in [-0.3, -0.25) is 4.72 Å². The lowest BCUT2D eigenvalue weighted by Crippen LogP contribution is -2.39. The van der Waals surface area contributed by atoms with Crippen LogP contribution in [0.4, 0.5) is 26.0 Å². The number of hydrogen-bond acceptors (Lipinski definition) is 8. The van der Waals surface area contributed by atoms with E-state index in [4.69, 9.17) is 10.2 Å². The highest BCUT2D eigenvalue weighted by atomic mass is 32.2. The van der Waals surface area contributed by atoms with Crippen molar-refractivity contribution in [2.24, 2.45) is 5.41 Å². The van der Waals surface area contributed by atoms with Gasteiger partial charge in [0.1, 0.15) is 11.5 Å². The molecule has 3 aromatic rings. The van der Waals surface area contributed by atoms with Crippen LogP contribution in [-0.4, -0.2) is 78.0 Å². The van der Waals surface area contributed by atoms with Gasteiger partial charge in [-0.25, -0.2) is 22.2 Å². The number of anilines is 3. The number of rotatable bonds is 8. The fraction of sp³-hybridized carbons (Fsp3) is 0.536. The molecule has 10 nitrogen and oxygen atoms in total. The number of aromatic nitrogens is 4. The molecule has 0 unspecified atom stereocenters. The molecule has 3 aliphatic rings. The number of halogens is 2. The molecule has 1 aliphatic carbocycles. The fourth-order valence-corrected chi connectivity index (χ4v) is 6.64.